The van der Waals surface area contributed by atoms with Crippen LogP contribution in [0.4, 0.5) is 10.7 Å². The Hall–Kier alpha value is -2.38. The molecule has 5 rings (SSSR count). The van der Waals surface area contributed by atoms with Gasteiger partial charge in [0.05, 0.1) is 25.0 Å². The molecule has 0 spiro atoms. The van der Waals surface area contributed by atoms with Gasteiger partial charge >= 0.3 is 0 Å². The van der Waals surface area contributed by atoms with Crippen LogP contribution in [0.2, 0.25) is 0 Å². The number of fused-ring (bicyclic) bond motifs is 3. The first-order chi connectivity index (χ1) is 12.7. The number of hydrogen-bond donors (Lipinski definition) is 1. The van der Waals surface area contributed by atoms with Crippen LogP contribution in [-0.2, 0) is 4.74 Å². The summed E-state index contributed by atoms with van der Waals surface area (Å²) in [6, 6.07) is 7.86. The SMILES string of the molecule is COc1cc(-c2cnc3c(N4CC5CCC(C4)O5)snc3c2)ccc1N. The summed E-state index contributed by atoms with van der Waals surface area (Å²) >= 11 is 1.53. The van der Waals surface area contributed by atoms with Gasteiger partial charge in [0.15, 0.2) is 0 Å². The summed E-state index contributed by atoms with van der Waals surface area (Å²) < 4.78 is 15.9. The zero-order valence-electron chi connectivity index (χ0n) is 14.5. The second-order valence-electron chi connectivity index (χ2n) is 6.90. The number of aromatic nitrogens is 2. The molecule has 2 aliphatic rings. The first kappa shape index (κ1) is 15.8. The Bertz CT molecular complexity index is 961. The van der Waals surface area contributed by atoms with Gasteiger partial charge in [0.1, 0.15) is 21.8 Å². The van der Waals surface area contributed by atoms with E-state index in [-0.39, 0.29) is 0 Å². The first-order valence-electron chi connectivity index (χ1n) is 8.81. The van der Waals surface area contributed by atoms with E-state index in [1.165, 1.54) is 11.5 Å². The van der Waals surface area contributed by atoms with E-state index in [9.17, 15) is 0 Å². The molecule has 7 heteroatoms. The summed E-state index contributed by atoms with van der Waals surface area (Å²) in [5.74, 6) is 0.672. The van der Waals surface area contributed by atoms with Crippen LogP contribution in [-0.4, -0.2) is 41.8 Å². The molecule has 2 bridgehead atoms. The van der Waals surface area contributed by atoms with E-state index < -0.39 is 0 Å². The van der Waals surface area contributed by atoms with Crippen molar-refractivity contribution in [3.05, 3.63) is 30.5 Å². The van der Waals surface area contributed by atoms with Gasteiger partial charge in [-0.25, -0.2) is 0 Å². The minimum atomic E-state index is 0.354. The molecule has 0 aliphatic carbocycles. The molecule has 2 aromatic heterocycles. The fourth-order valence-corrected chi connectivity index (χ4v) is 4.69. The van der Waals surface area contributed by atoms with Crippen molar-refractivity contribution in [3.63, 3.8) is 0 Å². The summed E-state index contributed by atoms with van der Waals surface area (Å²) in [5.41, 5.74) is 10.5. The summed E-state index contributed by atoms with van der Waals surface area (Å²) in [5, 5.41) is 1.15. The molecule has 26 heavy (non-hydrogen) atoms. The molecule has 2 fully saturated rings. The lowest BCUT2D eigenvalue weighted by atomic mass is 10.1. The number of nitrogen functional groups attached to an aromatic ring is 1. The van der Waals surface area contributed by atoms with E-state index in [1.807, 2.05) is 24.4 Å². The maximum absolute atomic E-state index is 5.95. The fraction of sp³-hybridized carbons (Fsp3) is 0.368. The summed E-state index contributed by atoms with van der Waals surface area (Å²) in [7, 11) is 1.62. The highest BCUT2D eigenvalue weighted by molar-refractivity contribution is 7.11. The number of ether oxygens (including phenoxy) is 2. The van der Waals surface area contributed by atoms with Crippen molar-refractivity contribution in [2.24, 2.45) is 0 Å². The Balaban J connectivity index is 1.50. The number of anilines is 2. The Morgan fingerprint density at radius 2 is 2.00 bits per heavy atom. The Kier molecular flexibility index (Phi) is 3.72. The van der Waals surface area contributed by atoms with Crippen LogP contribution >= 0.6 is 11.5 Å². The van der Waals surface area contributed by atoms with Crippen molar-refractivity contribution < 1.29 is 9.47 Å². The van der Waals surface area contributed by atoms with Gasteiger partial charge in [-0.1, -0.05) is 6.07 Å². The van der Waals surface area contributed by atoms with Crippen LogP contribution in [0.15, 0.2) is 30.5 Å². The Morgan fingerprint density at radius 3 is 2.77 bits per heavy atom. The topological polar surface area (TPSA) is 73.5 Å². The van der Waals surface area contributed by atoms with Crippen molar-refractivity contribution in [1.29, 1.82) is 0 Å². The second kappa shape index (κ2) is 6.10. The van der Waals surface area contributed by atoms with Crippen LogP contribution in [0.25, 0.3) is 22.2 Å². The standard InChI is InChI=1S/C19H20N4O2S/c1-24-17-7-11(2-5-15(17)20)12-6-16-18(21-8-12)19(26-22-16)23-9-13-3-4-14(10-23)25-13/h2,5-8,13-14H,3-4,9-10,20H2,1H3. The molecule has 3 aromatic rings. The number of benzene rings is 1. The number of pyridine rings is 1. The normalized spacial score (nSPS) is 22.1. The average Bonchev–Trinajstić information content (AvgIpc) is 3.24. The Morgan fingerprint density at radius 1 is 1.19 bits per heavy atom. The fourth-order valence-electron chi connectivity index (χ4n) is 3.86. The van der Waals surface area contributed by atoms with Crippen molar-refractivity contribution in [2.75, 3.05) is 30.8 Å². The second-order valence-corrected chi connectivity index (χ2v) is 7.65. The highest BCUT2D eigenvalue weighted by Crippen LogP contribution is 2.37. The highest BCUT2D eigenvalue weighted by Gasteiger charge is 2.35. The predicted molar refractivity (Wildman–Crippen MR) is 104 cm³/mol. The molecule has 2 aliphatic heterocycles. The molecular weight excluding hydrogens is 348 g/mol. The third-order valence-corrected chi connectivity index (χ3v) is 6.11. The third-order valence-electron chi connectivity index (χ3n) is 5.20. The van der Waals surface area contributed by atoms with Crippen LogP contribution in [0, 0.1) is 0 Å². The molecule has 2 saturated heterocycles. The van der Waals surface area contributed by atoms with E-state index in [0.717, 1.165) is 53.1 Å². The summed E-state index contributed by atoms with van der Waals surface area (Å²) in [6.07, 6.45) is 4.93. The van der Waals surface area contributed by atoms with Crippen molar-refractivity contribution in [2.45, 2.75) is 25.0 Å². The van der Waals surface area contributed by atoms with Gasteiger partial charge in [-0.05, 0) is 48.1 Å². The quantitative estimate of drug-likeness (QED) is 0.715. The predicted octanol–water partition coefficient (Wildman–Crippen LogP) is 3.32. The van der Waals surface area contributed by atoms with Crippen molar-refractivity contribution in [1.82, 2.24) is 9.36 Å². The largest absolute Gasteiger partial charge is 0.495 e. The van der Waals surface area contributed by atoms with E-state index in [2.05, 4.69) is 15.3 Å². The summed E-state index contributed by atoms with van der Waals surface area (Å²) in [6.45, 7) is 1.87. The lowest BCUT2D eigenvalue weighted by Crippen LogP contribution is -2.42. The molecule has 4 heterocycles. The zero-order chi connectivity index (χ0) is 17.7. The van der Waals surface area contributed by atoms with E-state index in [1.54, 1.807) is 7.11 Å². The number of rotatable bonds is 3. The molecule has 6 nitrogen and oxygen atoms in total. The third kappa shape index (κ3) is 2.59. The molecule has 1 aromatic carbocycles. The average molecular weight is 368 g/mol. The number of morpholine rings is 1. The molecular formula is C19H20N4O2S. The number of hydrogen-bond acceptors (Lipinski definition) is 7. The molecule has 0 radical (unpaired) electrons. The molecule has 2 unspecified atom stereocenters. The maximum atomic E-state index is 5.95. The van der Waals surface area contributed by atoms with Crippen molar-refractivity contribution in [3.8, 4) is 16.9 Å². The zero-order valence-corrected chi connectivity index (χ0v) is 15.3. The van der Waals surface area contributed by atoms with Crippen LogP contribution in [0.1, 0.15) is 12.8 Å². The minimum Gasteiger partial charge on any atom is -0.495 e. The molecule has 0 amide bonds. The number of methoxy groups -OCH3 is 1. The van der Waals surface area contributed by atoms with Crippen LogP contribution in [0.3, 0.4) is 0 Å². The lowest BCUT2D eigenvalue weighted by molar-refractivity contribution is 0.0308. The Labute approximate surface area is 155 Å². The number of nitrogens with zero attached hydrogens (tertiary/aromatic N) is 3. The molecule has 2 atom stereocenters. The van der Waals surface area contributed by atoms with Gasteiger partial charge in [0.25, 0.3) is 0 Å². The van der Waals surface area contributed by atoms with E-state index in [4.69, 9.17) is 20.2 Å². The van der Waals surface area contributed by atoms with Gasteiger partial charge in [0.2, 0.25) is 0 Å². The maximum Gasteiger partial charge on any atom is 0.142 e. The van der Waals surface area contributed by atoms with E-state index >= 15 is 0 Å². The van der Waals surface area contributed by atoms with E-state index in [0.29, 0.717) is 23.6 Å². The molecule has 134 valence electrons. The van der Waals surface area contributed by atoms with Gasteiger partial charge in [-0.15, -0.1) is 0 Å². The van der Waals surface area contributed by atoms with Gasteiger partial charge in [0, 0.05) is 24.8 Å². The van der Waals surface area contributed by atoms with Gasteiger partial charge in [-0.3, -0.25) is 4.98 Å². The first-order valence-corrected chi connectivity index (χ1v) is 9.58. The van der Waals surface area contributed by atoms with Gasteiger partial charge < -0.3 is 20.1 Å². The number of nitrogens with two attached hydrogens (primary N) is 1. The molecule has 2 N–H and O–H groups in total. The minimum absolute atomic E-state index is 0.354. The lowest BCUT2D eigenvalue weighted by Gasteiger charge is -2.32. The summed E-state index contributed by atoms with van der Waals surface area (Å²) in [4.78, 5) is 7.13. The van der Waals surface area contributed by atoms with Crippen molar-refractivity contribution >= 4 is 33.3 Å². The smallest absolute Gasteiger partial charge is 0.142 e. The highest BCUT2D eigenvalue weighted by atomic mass is 32.1. The molecule has 0 saturated carbocycles. The van der Waals surface area contributed by atoms with Crippen LogP contribution in [0.5, 0.6) is 5.75 Å². The van der Waals surface area contributed by atoms with Crippen LogP contribution < -0.4 is 15.4 Å². The monoisotopic (exact) mass is 368 g/mol. The van der Waals surface area contributed by atoms with Gasteiger partial charge in [-0.2, -0.15) is 4.37 Å².